The van der Waals surface area contributed by atoms with Crippen LogP contribution in [-0.4, -0.2) is 18.2 Å². The van der Waals surface area contributed by atoms with Crippen LogP contribution in [0.5, 0.6) is 0 Å². The zero-order valence-electron chi connectivity index (χ0n) is 10.9. The van der Waals surface area contributed by atoms with Crippen molar-refractivity contribution in [1.29, 1.82) is 0 Å². The molecule has 1 aromatic carbocycles. The van der Waals surface area contributed by atoms with Gasteiger partial charge in [-0.05, 0) is 42.3 Å². The molecule has 0 amide bonds. The summed E-state index contributed by atoms with van der Waals surface area (Å²) in [4.78, 5) is 13.8. The first-order valence-corrected chi connectivity index (χ1v) is 7.87. The van der Waals surface area contributed by atoms with Gasteiger partial charge in [0.15, 0.2) is 6.29 Å². The fourth-order valence-electron chi connectivity index (χ4n) is 2.81. The van der Waals surface area contributed by atoms with Gasteiger partial charge in [0.05, 0.1) is 10.4 Å². The minimum absolute atomic E-state index is 0.146. The molecule has 0 N–H and O–H groups in total. The molecule has 0 saturated carbocycles. The molecule has 0 spiro atoms. The average Bonchev–Trinajstić information content (AvgIpc) is 2.74. The van der Waals surface area contributed by atoms with Crippen LogP contribution < -0.4 is 0 Å². The maximum Gasteiger partial charge on any atom is 0.156 e. The lowest BCUT2D eigenvalue weighted by Crippen LogP contribution is -2.19. The number of halogens is 2. The first-order chi connectivity index (χ1) is 9.60. The van der Waals surface area contributed by atoms with Gasteiger partial charge in [0.1, 0.15) is 0 Å². The molecule has 0 saturated heterocycles. The lowest BCUT2D eigenvalue weighted by atomic mass is 9.96. The average molecular weight is 326 g/mol. The van der Waals surface area contributed by atoms with Crippen molar-refractivity contribution in [3.8, 4) is 0 Å². The highest BCUT2D eigenvalue weighted by atomic mass is 35.5. The Labute approximate surface area is 132 Å². The number of benzene rings is 1. The van der Waals surface area contributed by atoms with Crippen molar-refractivity contribution >= 4 is 41.2 Å². The van der Waals surface area contributed by atoms with E-state index in [9.17, 15) is 4.79 Å². The van der Waals surface area contributed by atoms with E-state index in [0.717, 1.165) is 23.4 Å². The number of rotatable bonds is 2. The molecule has 2 aliphatic heterocycles. The van der Waals surface area contributed by atoms with Crippen LogP contribution >= 0.6 is 35.0 Å². The second-order valence-corrected chi connectivity index (χ2v) is 7.11. The number of carbonyl (C=O) groups is 1. The first kappa shape index (κ1) is 14.2. The number of hydrogen-bond acceptors (Lipinski definition) is 3. The van der Waals surface area contributed by atoms with Crippen molar-refractivity contribution < 1.29 is 4.79 Å². The summed E-state index contributed by atoms with van der Waals surface area (Å²) in [6, 6.07) is 6.16. The van der Waals surface area contributed by atoms with E-state index in [1.54, 1.807) is 0 Å². The van der Waals surface area contributed by atoms with E-state index in [2.05, 4.69) is 18.0 Å². The van der Waals surface area contributed by atoms with Crippen LogP contribution in [0.2, 0.25) is 5.02 Å². The first-order valence-electron chi connectivity index (χ1n) is 6.30. The molecule has 0 radical (unpaired) electrons. The van der Waals surface area contributed by atoms with E-state index in [1.165, 1.54) is 22.9 Å². The molecular weight excluding hydrogens is 313 g/mol. The summed E-state index contributed by atoms with van der Waals surface area (Å²) >= 11 is 13.9. The maximum absolute atomic E-state index is 10.8. The zero-order chi connectivity index (χ0) is 14.3. The number of carbonyl (C=O) groups excluding carboxylic acids is 1. The number of likely N-dealkylation sites (N-methyl/N-ethyl adjacent to an activating group) is 1. The molecule has 1 atom stereocenters. The molecule has 5 heteroatoms. The third kappa shape index (κ3) is 2.44. The molecule has 104 valence electrons. The summed E-state index contributed by atoms with van der Waals surface area (Å²) in [6.45, 7) is 0.889. The van der Waals surface area contributed by atoms with Crippen LogP contribution in [-0.2, 0) is 11.3 Å². The molecule has 0 aliphatic carbocycles. The Kier molecular flexibility index (Phi) is 3.95. The summed E-state index contributed by atoms with van der Waals surface area (Å²) in [6.07, 6.45) is 3.50. The molecule has 1 unspecified atom stereocenters. The molecule has 0 bridgehead atoms. The van der Waals surface area contributed by atoms with Crippen LogP contribution in [0.1, 0.15) is 23.6 Å². The normalized spacial score (nSPS) is 22.8. The van der Waals surface area contributed by atoms with E-state index in [0.29, 0.717) is 15.7 Å². The second-order valence-electron chi connectivity index (χ2n) is 4.99. The smallest absolute Gasteiger partial charge is 0.156 e. The predicted octanol–water partition coefficient (Wildman–Crippen LogP) is 4.50. The number of hydrogen-bond donors (Lipinski definition) is 0. The fourth-order valence-corrected chi connectivity index (χ4v) is 4.18. The lowest BCUT2D eigenvalue weighted by molar-refractivity contribution is -0.104. The topological polar surface area (TPSA) is 20.3 Å². The summed E-state index contributed by atoms with van der Waals surface area (Å²) < 4.78 is 0.708. The van der Waals surface area contributed by atoms with Crippen molar-refractivity contribution in [2.45, 2.75) is 19.0 Å². The monoisotopic (exact) mass is 325 g/mol. The van der Waals surface area contributed by atoms with E-state index < -0.39 is 0 Å². The van der Waals surface area contributed by atoms with Crippen molar-refractivity contribution in [3.63, 3.8) is 0 Å². The zero-order valence-corrected chi connectivity index (χ0v) is 13.2. The quantitative estimate of drug-likeness (QED) is 0.747. The standard InChI is InChI=1S/C15H13Cl2NOS/c1-18-7-9-2-3-10(16)6-13(9)14(18)12-5-4-11(8-19)20-15(12)17/h2-4,6,8,14H,5,7H2,1H3. The van der Waals surface area contributed by atoms with Gasteiger partial charge in [-0.2, -0.15) is 0 Å². The number of thioether (sulfide) groups is 1. The molecule has 2 aliphatic rings. The Morgan fingerprint density at radius 2 is 2.20 bits per heavy atom. The summed E-state index contributed by atoms with van der Waals surface area (Å²) in [5, 5.41) is 0.744. The largest absolute Gasteiger partial charge is 0.297 e. The lowest BCUT2D eigenvalue weighted by Gasteiger charge is -2.26. The molecule has 1 aromatic rings. The van der Waals surface area contributed by atoms with Gasteiger partial charge >= 0.3 is 0 Å². The summed E-state index contributed by atoms with van der Waals surface area (Å²) in [5.74, 6) is 0. The van der Waals surface area contributed by atoms with Crippen molar-refractivity contribution in [1.82, 2.24) is 4.90 Å². The van der Waals surface area contributed by atoms with Gasteiger partial charge in [-0.15, -0.1) is 0 Å². The molecule has 2 heterocycles. The minimum atomic E-state index is 0.146. The second kappa shape index (κ2) is 5.57. The third-order valence-electron chi connectivity index (χ3n) is 3.69. The maximum atomic E-state index is 10.8. The van der Waals surface area contributed by atoms with E-state index in [1.807, 2.05) is 18.2 Å². The van der Waals surface area contributed by atoms with Crippen LogP contribution in [0, 0.1) is 0 Å². The SMILES string of the molecule is CN1Cc2ccc(Cl)cc2C1C1=C(Cl)SC(C=O)=CC1. The number of aldehydes is 1. The minimum Gasteiger partial charge on any atom is -0.297 e. The van der Waals surface area contributed by atoms with Crippen LogP contribution in [0.3, 0.4) is 0 Å². The number of allylic oxidation sites excluding steroid dienone is 2. The van der Waals surface area contributed by atoms with Crippen molar-refractivity contribution in [3.05, 3.63) is 55.3 Å². The van der Waals surface area contributed by atoms with Crippen LogP contribution in [0.4, 0.5) is 0 Å². The van der Waals surface area contributed by atoms with Gasteiger partial charge in [0.25, 0.3) is 0 Å². The molecule has 0 aromatic heterocycles. The van der Waals surface area contributed by atoms with Gasteiger partial charge in [-0.25, -0.2) is 0 Å². The fraction of sp³-hybridized carbons (Fsp3) is 0.267. The van der Waals surface area contributed by atoms with E-state index in [4.69, 9.17) is 23.2 Å². The highest BCUT2D eigenvalue weighted by molar-refractivity contribution is 8.08. The molecule has 0 fully saturated rings. The van der Waals surface area contributed by atoms with Crippen molar-refractivity contribution in [2.75, 3.05) is 7.05 Å². The van der Waals surface area contributed by atoms with E-state index in [-0.39, 0.29) is 6.04 Å². The van der Waals surface area contributed by atoms with Gasteiger partial charge in [0.2, 0.25) is 0 Å². The Bertz CT molecular complexity index is 639. The van der Waals surface area contributed by atoms with Crippen LogP contribution in [0.25, 0.3) is 0 Å². The molecular formula is C15H13Cl2NOS. The van der Waals surface area contributed by atoms with Crippen molar-refractivity contribution in [2.24, 2.45) is 0 Å². The van der Waals surface area contributed by atoms with E-state index >= 15 is 0 Å². The predicted molar refractivity (Wildman–Crippen MR) is 84.9 cm³/mol. The molecule has 2 nitrogen and oxygen atoms in total. The Morgan fingerprint density at radius 3 is 2.90 bits per heavy atom. The Balaban J connectivity index is 2.00. The third-order valence-corrected chi connectivity index (χ3v) is 5.34. The Hall–Kier alpha value is -0.740. The summed E-state index contributed by atoms with van der Waals surface area (Å²) in [5.41, 5.74) is 3.65. The summed E-state index contributed by atoms with van der Waals surface area (Å²) in [7, 11) is 2.08. The number of nitrogens with zero attached hydrogens (tertiary/aromatic N) is 1. The highest BCUT2D eigenvalue weighted by Gasteiger charge is 2.32. The van der Waals surface area contributed by atoms with Crippen LogP contribution in [0.15, 0.2) is 39.1 Å². The van der Waals surface area contributed by atoms with Gasteiger partial charge in [-0.1, -0.05) is 47.1 Å². The Morgan fingerprint density at radius 1 is 1.40 bits per heavy atom. The highest BCUT2D eigenvalue weighted by Crippen LogP contribution is 2.47. The molecule has 20 heavy (non-hydrogen) atoms. The number of fused-ring (bicyclic) bond motifs is 1. The molecule has 3 rings (SSSR count). The van der Waals surface area contributed by atoms with Gasteiger partial charge in [-0.3, -0.25) is 9.69 Å². The van der Waals surface area contributed by atoms with Gasteiger partial charge in [0, 0.05) is 16.5 Å². The van der Waals surface area contributed by atoms with Gasteiger partial charge < -0.3 is 0 Å².